The number of rotatable bonds is 5. The summed E-state index contributed by atoms with van der Waals surface area (Å²) in [6.07, 6.45) is 9.31. The SMILES string of the molecule is CC.CC(=O)N1CCN(c2ccncc2CNc2cc(-c3ccc4ccn(C)c4c3)c3nccnc3c2)CC1. The molecule has 3 aromatic heterocycles. The second kappa shape index (κ2) is 11.5. The minimum Gasteiger partial charge on any atom is -0.381 e. The summed E-state index contributed by atoms with van der Waals surface area (Å²) in [5.74, 6) is 0.137. The first kappa shape index (κ1) is 26.2. The third-order valence-electron chi connectivity index (χ3n) is 7.20. The van der Waals surface area contributed by atoms with Gasteiger partial charge in [-0.3, -0.25) is 19.7 Å². The molecular formula is C31H35N7O. The molecule has 1 saturated heterocycles. The Kier molecular flexibility index (Phi) is 7.72. The first-order valence-electron chi connectivity index (χ1n) is 13.5. The molecule has 200 valence electrons. The predicted molar refractivity (Wildman–Crippen MR) is 159 cm³/mol. The van der Waals surface area contributed by atoms with Gasteiger partial charge in [0.25, 0.3) is 0 Å². The van der Waals surface area contributed by atoms with Crippen LogP contribution in [-0.4, -0.2) is 56.5 Å². The Morgan fingerprint density at radius 1 is 0.949 bits per heavy atom. The number of carbonyl (C=O) groups is 1. The number of fused-ring (bicyclic) bond motifs is 2. The Labute approximate surface area is 229 Å². The highest BCUT2D eigenvalue weighted by molar-refractivity contribution is 5.97. The van der Waals surface area contributed by atoms with Gasteiger partial charge in [-0.25, -0.2) is 0 Å². The van der Waals surface area contributed by atoms with E-state index in [1.165, 1.54) is 10.9 Å². The summed E-state index contributed by atoms with van der Waals surface area (Å²) in [5, 5.41) is 4.82. The second-order valence-electron chi connectivity index (χ2n) is 9.50. The van der Waals surface area contributed by atoms with Gasteiger partial charge >= 0.3 is 0 Å². The maximum Gasteiger partial charge on any atom is 0.219 e. The molecule has 8 heteroatoms. The lowest BCUT2D eigenvalue weighted by Crippen LogP contribution is -2.48. The van der Waals surface area contributed by atoms with E-state index in [0.717, 1.165) is 65.3 Å². The lowest BCUT2D eigenvalue weighted by molar-refractivity contribution is -0.129. The van der Waals surface area contributed by atoms with Crippen LogP contribution in [0.4, 0.5) is 11.4 Å². The molecule has 1 aliphatic rings. The Balaban J connectivity index is 0.00000151. The van der Waals surface area contributed by atoms with Gasteiger partial charge in [0.15, 0.2) is 0 Å². The lowest BCUT2D eigenvalue weighted by Gasteiger charge is -2.36. The summed E-state index contributed by atoms with van der Waals surface area (Å²) < 4.78 is 2.13. The molecule has 1 amide bonds. The number of hydrogen-bond acceptors (Lipinski definition) is 6. The first-order valence-corrected chi connectivity index (χ1v) is 13.5. The molecule has 0 atom stereocenters. The smallest absolute Gasteiger partial charge is 0.219 e. The van der Waals surface area contributed by atoms with Gasteiger partial charge in [0.05, 0.1) is 11.0 Å². The molecule has 0 unspecified atom stereocenters. The normalized spacial score (nSPS) is 13.3. The number of amides is 1. The zero-order chi connectivity index (χ0) is 27.4. The average molecular weight is 522 g/mol. The summed E-state index contributed by atoms with van der Waals surface area (Å²) in [7, 11) is 2.06. The standard InChI is InChI=1S/C29H29N7O.C2H6/c1-20(37)35-11-13-36(14-12-35)27-5-7-30-18-23(27)19-33-24-16-25(29-26(17-24)31-8-9-32-29)22-4-3-21-6-10-34(2)28(21)15-22;1-2/h3-10,15-18,33H,11-14,19H2,1-2H3;1-2H3. The minimum absolute atomic E-state index is 0.137. The van der Waals surface area contributed by atoms with Crippen molar-refractivity contribution in [3.8, 4) is 11.1 Å². The Morgan fingerprint density at radius 2 is 1.74 bits per heavy atom. The van der Waals surface area contributed by atoms with E-state index in [0.29, 0.717) is 6.54 Å². The van der Waals surface area contributed by atoms with Crippen molar-refractivity contribution < 1.29 is 4.79 Å². The summed E-state index contributed by atoms with van der Waals surface area (Å²) in [4.78, 5) is 29.6. The number of aromatic nitrogens is 4. The van der Waals surface area contributed by atoms with Crippen molar-refractivity contribution in [1.29, 1.82) is 0 Å². The molecule has 1 aliphatic heterocycles. The van der Waals surface area contributed by atoms with E-state index in [2.05, 4.69) is 85.4 Å². The average Bonchev–Trinajstić information content (AvgIpc) is 3.36. The molecule has 39 heavy (non-hydrogen) atoms. The number of hydrogen-bond donors (Lipinski definition) is 1. The van der Waals surface area contributed by atoms with E-state index < -0.39 is 0 Å². The van der Waals surface area contributed by atoms with Crippen molar-refractivity contribution in [3.63, 3.8) is 0 Å². The Morgan fingerprint density at radius 3 is 2.54 bits per heavy atom. The first-order chi connectivity index (χ1) is 19.1. The molecule has 0 spiro atoms. The van der Waals surface area contributed by atoms with Crippen molar-refractivity contribution in [3.05, 3.63) is 79.0 Å². The van der Waals surface area contributed by atoms with Crippen LogP contribution < -0.4 is 10.2 Å². The van der Waals surface area contributed by atoms with Crippen LogP contribution in [-0.2, 0) is 18.4 Å². The van der Waals surface area contributed by atoms with Gasteiger partial charge in [-0.15, -0.1) is 0 Å². The molecule has 1 N–H and O–H groups in total. The summed E-state index contributed by atoms with van der Waals surface area (Å²) in [6.45, 7) is 9.36. The van der Waals surface area contributed by atoms with Gasteiger partial charge in [-0.05, 0) is 41.3 Å². The predicted octanol–water partition coefficient (Wildman–Crippen LogP) is 5.49. The number of nitrogens with zero attached hydrogens (tertiary/aromatic N) is 6. The van der Waals surface area contributed by atoms with E-state index in [9.17, 15) is 4.79 Å². The molecule has 0 aliphatic carbocycles. The van der Waals surface area contributed by atoms with Gasteiger partial charge in [-0.1, -0.05) is 26.0 Å². The van der Waals surface area contributed by atoms with E-state index in [1.807, 2.05) is 31.1 Å². The fourth-order valence-corrected chi connectivity index (χ4v) is 5.15. The molecule has 4 heterocycles. The minimum atomic E-state index is 0.137. The summed E-state index contributed by atoms with van der Waals surface area (Å²) in [5.41, 5.74) is 8.31. The van der Waals surface area contributed by atoms with Crippen LogP contribution in [0.25, 0.3) is 33.1 Å². The van der Waals surface area contributed by atoms with Crippen molar-refractivity contribution in [1.82, 2.24) is 24.4 Å². The highest BCUT2D eigenvalue weighted by Crippen LogP contribution is 2.32. The molecule has 0 saturated carbocycles. The fraction of sp³-hybridized carbons (Fsp3) is 0.290. The van der Waals surface area contributed by atoms with Crippen LogP contribution >= 0.6 is 0 Å². The highest BCUT2D eigenvalue weighted by Gasteiger charge is 2.20. The zero-order valence-corrected chi connectivity index (χ0v) is 23.1. The molecule has 2 aromatic carbocycles. The number of pyridine rings is 1. The third kappa shape index (κ3) is 5.41. The van der Waals surface area contributed by atoms with Crippen molar-refractivity contribution in [2.24, 2.45) is 7.05 Å². The van der Waals surface area contributed by atoms with Crippen molar-refractivity contribution in [2.45, 2.75) is 27.3 Å². The third-order valence-corrected chi connectivity index (χ3v) is 7.20. The second-order valence-corrected chi connectivity index (χ2v) is 9.50. The van der Waals surface area contributed by atoms with Crippen LogP contribution in [0.3, 0.4) is 0 Å². The largest absolute Gasteiger partial charge is 0.381 e. The van der Waals surface area contributed by atoms with Crippen LogP contribution in [0, 0.1) is 0 Å². The number of piperazine rings is 1. The molecular weight excluding hydrogens is 486 g/mol. The van der Waals surface area contributed by atoms with E-state index in [4.69, 9.17) is 0 Å². The molecule has 5 aromatic rings. The summed E-state index contributed by atoms with van der Waals surface area (Å²) >= 11 is 0. The van der Waals surface area contributed by atoms with Crippen LogP contribution in [0.2, 0.25) is 0 Å². The van der Waals surface area contributed by atoms with E-state index >= 15 is 0 Å². The van der Waals surface area contributed by atoms with Gasteiger partial charge in [0, 0.05) is 106 Å². The molecule has 0 bridgehead atoms. The lowest BCUT2D eigenvalue weighted by atomic mass is 10.0. The van der Waals surface area contributed by atoms with Gasteiger partial charge < -0.3 is 19.7 Å². The van der Waals surface area contributed by atoms with E-state index in [-0.39, 0.29) is 5.91 Å². The number of anilines is 2. The van der Waals surface area contributed by atoms with Crippen LogP contribution in [0.5, 0.6) is 0 Å². The maximum absolute atomic E-state index is 11.7. The molecule has 6 rings (SSSR count). The molecule has 0 radical (unpaired) electrons. The van der Waals surface area contributed by atoms with Crippen LogP contribution in [0.1, 0.15) is 26.3 Å². The highest BCUT2D eigenvalue weighted by atomic mass is 16.2. The summed E-state index contributed by atoms with van der Waals surface area (Å²) in [6, 6.07) is 14.9. The van der Waals surface area contributed by atoms with Crippen molar-refractivity contribution >= 4 is 39.2 Å². The monoisotopic (exact) mass is 521 g/mol. The van der Waals surface area contributed by atoms with Crippen LogP contribution in [0.15, 0.2) is 73.4 Å². The number of aryl methyl sites for hydroxylation is 1. The maximum atomic E-state index is 11.7. The number of carbonyl (C=O) groups excluding carboxylic acids is 1. The fourth-order valence-electron chi connectivity index (χ4n) is 5.15. The molecule has 1 fully saturated rings. The quantitative estimate of drug-likeness (QED) is 0.330. The number of benzene rings is 2. The topological polar surface area (TPSA) is 79.2 Å². The Hall–Kier alpha value is -4.46. The van der Waals surface area contributed by atoms with Gasteiger partial charge in [-0.2, -0.15) is 0 Å². The number of nitrogens with one attached hydrogen (secondary N) is 1. The van der Waals surface area contributed by atoms with Gasteiger partial charge in [0.2, 0.25) is 5.91 Å². The zero-order valence-electron chi connectivity index (χ0n) is 23.1. The van der Waals surface area contributed by atoms with Crippen molar-refractivity contribution in [2.75, 3.05) is 36.4 Å². The van der Waals surface area contributed by atoms with Gasteiger partial charge in [0.1, 0.15) is 0 Å². The van der Waals surface area contributed by atoms with E-state index in [1.54, 1.807) is 19.3 Å². The molecule has 8 nitrogen and oxygen atoms in total. The Bertz CT molecular complexity index is 1600.